The van der Waals surface area contributed by atoms with Crippen LogP contribution in [0.1, 0.15) is 105 Å². The summed E-state index contributed by atoms with van der Waals surface area (Å²) in [4.78, 5) is 13.6. The highest BCUT2D eigenvalue weighted by Gasteiger charge is 2.65. The zero-order valence-corrected chi connectivity index (χ0v) is 29.9. The van der Waals surface area contributed by atoms with Gasteiger partial charge < -0.3 is 9.16 Å². The molecule has 0 amide bonds. The number of methoxy groups -OCH3 is 1. The number of aryl methyl sites for hydroxylation is 1. The number of nitrogens with zero attached hydrogens (tertiary/aromatic N) is 4. The number of hydrogen-bond donors (Lipinski definition) is 0. The number of ketones is 1. The molecule has 5 rings (SSSR count). The van der Waals surface area contributed by atoms with E-state index in [-0.39, 0.29) is 18.8 Å². The molecule has 4 aliphatic carbocycles. The highest BCUT2D eigenvalue weighted by molar-refractivity contribution is 6.69. The number of rotatable bonds is 12. The fraction of sp³-hybridized carbons (Fsp3) is 0.943. The van der Waals surface area contributed by atoms with Crippen LogP contribution >= 0.6 is 0 Å². The maximum absolute atomic E-state index is 11.9. The van der Waals surface area contributed by atoms with Gasteiger partial charge in [-0.15, -0.1) is 10.2 Å². The van der Waals surface area contributed by atoms with Gasteiger partial charge >= 0.3 is 0 Å². The lowest BCUT2D eigenvalue weighted by atomic mass is 9.41. The highest BCUT2D eigenvalue weighted by Crippen LogP contribution is 2.70. The minimum absolute atomic E-state index is 0.0160. The summed E-state index contributed by atoms with van der Waals surface area (Å²) in [6, 6.07) is 0. The highest BCUT2D eigenvalue weighted by atomic mass is 28.4. The van der Waals surface area contributed by atoms with Crippen molar-refractivity contribution in [3.63, 3.8) is 0 Å². The molecule has 1 aromatic heterocycles. The first kappa shape index (κ1) is 33.2. The van der Waals surface area contributed by atoms with Gasteiger partial charge in [0.2, 0.25) is 0 Å². The van der Waals surface area contributed by atoms with Crippen LogP contribution in [-0.4, -0.2) is 54.1 Å². The minimum Gasteiger partial charge on any atom is -0.414 e. The van der Waals surface area contributed by atoms with E-state index in [1.54, 1.807) is 4.80 Å². The average Bonchev–Trinajstić information content (AvgIpc) is 3.52. The molecular weight excluding hydrogens is 552 g/mol. The fourth-order valence-electron chi connectivity index (χ4n) is 11.3. The Balaban J connectivity index is 1.30. The molecule has 1 heterocycles. The van der Waals surface area contributed by atoms with Crippen molar-refractivity contribution in [3.05, 3.63) is 5.82 Å². The van der Waals surface area contributed by atoms with E-state index in [1.807, 2.05) is 0 Å². The maximum Gasteiger partial charge on any atom is 0.184 e. The van der Waals surface area contributed by atoms with E-state index in [0.717, 1.165) is 48.5 Å². The normalized spacial score (nSPS) is 40.0. The summed E-state index contributed by atoms with van der Waals surface area (Å²) in [5.41, 5.74) is 0.894. The minimum atomic E-state index is -1.69. The third-order valence-electron chi connectivity index (χ3n) is 13.1. The Kier molecular flexibility index (Phi) is 10.0. The number of ether oxygens (including phenoxy) is 1. The molecule has 0 radical (unpaired) electrons. The van der Waals surface area contributed by atoms with E-state index >= 15 is 0 Å². The molecule has 0 unspecified atom stereocenters. The third-order valence-corrected chi connectivity index (χ3v) is 14.1. The lowest BCUT2D eigenvalue weighted by Gasteiger charge is -2.66. The molecule has 0 saturated heterocycles. The number of fused-ring (bicyclic) bond motifs is 5. The SMILES string of the molecule is CC[C@H]1[C@@H](O[Si](C)(C)C)[C@@H]2[C@H](CC[C@]3(C)[C@@H]([C@H](C)CCCn4nnc(CC(=O)COC)n4)CC[C@@H]23)[C@@]2(C)CC[C@@H](C)C[C@@H]12. The van der Waals surface area contributed by atoms with Crippen molar-refractivity contribution >= 4 is 14.1 Å². The van der Waals surface area contributed by atoms with Crippen LogP contribution in [0.15, 0.2) is 0 Å². The van der Waals surface area contributed by atoms with Crippen molar-refractivity contribution in [3.8, 4) is 0 Å². The van der Waals surface area contributed by atoms with Crippen LogP contribution in [0.2, 0.25) is 19.6 Å². The molecule has 4 saturated carbocycles. The van der Waals surface area contributed by atoms with Crippen molar-refractivity contribution in [2.45, 2.75) is 138 Å². The number of Topliss-reactive ketones (excluding diaryl/α,β-unsaturated/α-hetero) is 1. The van der Waals surface area contributed by atoms with Crippen LogP contribution in [0.5, 0.6) is 0 Å². The van der Waals surface area contributed by atoms with Crippen LogP contribution in [-0.2, 0) is 26.9 Å². The molecule has 0 N–H and O–H groups in total. The molecule has 0 aliphatic heterocycles. The van der Waals surface area contributed by atoms with E-state index < -0.39 is 8.32 Å². The number of aromatic nitrogens is 4. The number of tetrazole rings is 1. The molecule has 0 aromatic carbocycles. The number of carbonyl (C=O) groups excluding carboxylic acids is 1. The number of carbonyl (C=O) groups is 1. The second-order valence-corrected chi connectivity index (χ2v) is 21.3. The fourth-order valence-corrected chi connectivity index (χ4v) is 12.4. The number of hydrogen-bond acceptors (Lipinski definition) is 6. The zero-order valence-electron chi connectivity index (χ0n) is 28.9. The first-order valence-electron chi connectivity index (χ1n) is 17.8. The van der Waals surface area contributed by atoms with E-state index in [9.17, 15) is 4.79 Å². The molecule has 4 fully saturated rings. The summed E-state index contributed by atoms with van der Waals surface area (Å²) in [5, 5.41) is 12.8. The Morgan fingerprint density at radius 1 is 1.07 bits per heavy atom. The van der Waals surface area contributed by atoms with Crippen molar-refractivity contribution in [1.29, 1.82) is 0 Å². The summed E-state index contributed by atoms with van der Waals surface area (Å²) >= 11 is 0. The molecule has 1 aromatic rings. The smallest absolute Gasteiger partial charge is 0.184 e. The van der Waals surface area contributed by atoms with Crippen molar-refractivity contribution < 1.29 is 14.0 Å². The maximum atomic E-state index is 11.9. The first-order valence-corrected chi connectivity index (χ1v) is 21.2. The Labute approximate surface area is 263 Å². The van der Waals surface area contributed by atoms with Crippen molar-refractivity contribution in [2.75, 3.05) is 13.7 Å². The summed E-state index contributed by atoms with van der Waals surface area (Å²) < 4.78 is 12.3. The Bertz CT molecular complexity index is 1110. The predicted molar refractivity (Wildman–Crippen MR) is 174 cm³/mol. The van der Waals surface area contributed by atoms with E-state index in [2.05, 4.69) is 69.7 Å². The van der Waals surface area contributed by atoms with Crippen LogP contribution in [0.3, 0.4) is 0 Å². The Morgan fingerprint density at radius 3 is 2.49 bits per heavy atom. The van der Waals surface area contributed by atoms with Crippen molar-refractivity contribution in [2.24, 2.45) is 58.2 Å². The quantitative estimate of drug-likeness (QED) is 0.226. The lowest BCUT2D eigenvalue weighted by molar-refractivity contribution is -0.193. The molecule has 7 nitrogen and oxygen atoms in total. The van der Waals surface area contributed by atoms with Gasteiger partial charge in [0.25, 0.3) is 0 Å². The summed E-state index contributed by atoms with van der Waals surface area (Å²) in [6.07, 6.45) is 13.9. The Hall–Kier alpha value is -1.12. The van der Waals surface area contributed by atoms with Crippen molar-refractivity contribution in [1.82, 2.24) is 20.2 Å². The molecule has 8 heteroatoms. The second kappa shape index (κ2) is 12.9. The summed E-state index contributed by atoms with van der Waals surface area (Å²) in [6.45, 7) is 21.0. The Morgan fingerprint density at radius 2 is 1.79 bits per heavy atom. The average molecular weight is 615 g/mol. The second-order valence-electron chi connectivity index (χ2n) is 16.8. The van der Waals surface area contributed by atoms with E-state index in [4.69, 9.17) is 9.16 Å². The lowest BCUT2D eigenvalue weighted by Crippen LogP contribution is -2.63. The van der Waals surface area contributed by atoms with E-state index in [1.165, 1.54) is 64.9 Å². The van der Waals surface area contributed by atoms with Gasteiger partial charge in [-0.3, -0.25) is 4.79 Å². The van der Waals surface area contributed by atoms with Gasteiger partial charge in [0.05, 0.1) is 19.1 Å². The molecule has 0 bridgehead atoms. The van der Waals surface area contributed by atoms with Crippen LogP contribution in [0.25, 0.3) is 0 Å². The van der Waals surface area contributed by atoms with Gasteiger partial charge in [0.15, 0.2) is 19.9 Å². The summed E-state index contributed by atoms with van der Waals surface area (Å²) in [5.74, 6) is 6.66. The van der Waals surface area contributed by atoms with Crippen LogP contribution in [0, 0.1) is 58.2 Å². The van der Waals surface area contributed by atoms with Crippen LogP contribution < -0.4 is 0 Å². The van der Waals surface area contributed by atoms with Gasteiger partial charge in [-0.05, 0) is 134 Å². The molecule has 11 atom stereocenters. The first-order chi connectivity index (χ1) is 20.3. The molecule has 4 aliphatic rings. The predicted octanol–water partition coefficient (Wildman–Crippen LogP) is 7.61. The van der Waals surface area contributed by atoms with Crippen LogP contribution in [0.4, 0.5) is 0 Å². The van der Waals surface area contributed by atoms with Gasteiger partial charge in [-0.1, -0.05) is 47.5 Å². The van der Waals surface area contributed by atoms with Gasteiger partial charge in [0, 0.05) is 7.11 Å². The monoisotopic (exact) mass is 614 g/mol. The molecule has 43 heavy (non-hydrogen) atoms. The molecular formula is C35H62N4O3Si. The molecule has 244 valence electrons. The topological polar surface area (TPSA) is 79.1 Å². The zero-order chi connectivity index (χ0) is 31.2. The summed E-state index contributed by atoms with van der Waals surface area (Å²) in [7, 11) is -0.157. The molecule has 0 spiro atoms. The largest absolute Gasteiger partial charge is 0.414 e. The van der Waals surface area contributed by atoms with Gasteiger partial charge in [-0.25, -0.2) is 0 Å². The van der Waals surface area contributed by atoms with E-state index in [0.29, 0.717) is 34.6 Å². The van der Waals surface area contributed by atoms with Gasteiger partial charge in [-0.2, -0.15) is 4.80 Å². The third kappa shape index (κ3) is 6.58. The van der Waals surface area contributed by atoms with Gasteiger partial charge in [0.1, 0.15) is 6.61 Å². The standard InChI is InChI=1S/C35H62N4O3Si/c1-10-26-30-20-23(2)15-17-35(30,5)29-16-18-34(4)27(13-14-28(34)32(29)33(26)42-43(7,8)9)24(3)12-11-19-39-37-31(36-38-39)21-25(40)22-41-6/h23-24,26-30,32-33H,10-22H2,1-9H3/t23-,24-,26-,27-,28+,29+,30+,32+,33-,34-,35-/m1/s1.